The molecule has 0 saturated carbocycles. The van der Waals surface area contributed by atoms with Crippen LogP contribution in [0.15, 0.2) is 16.6 Å². The van der Waals surface area contributed by atoms with Crippen molar-refractivity contribution >= 4 is 37.5 Å². The van der Waals surface area contributed by atoms with E-state index in [4.69, 9.17) is 10.5 Å². The van der Waals surface area contributed by atoms with E-state index in [-0.39, 0.29) is 0 Å². The molecule has 0 amide bonds. The fourth-order valence-corrected chi connectivity index (χ4v) is 3.92. The lowest BCUT2D eigenvalue weighted by atomic mass is 10.2. The molecule has 0 bridgehead atoms. The van der Waals surface area contributed by atoms with Crippen molar-refractivity contribution in [3.8, 4) is 0 Å². The van der Waals surface area contributed by atoms with E-state index in [0.717, 1.165) is 5.56 Å². The molecule has 0 aliphatic carbocycles. The Morgan fingerprint density at radius 1 is 1.37 bits per heavy atom. The number of anilines is 2. The molecule has 1 aliphatic rings. The average Bonchev–Trinajstić information content (AvgIpc) is 2.35. The minimum atomic E-state index is -3.60. The highest BCUT2D eigenvalue weighted by Gasteiger charge is 2.25. The van der Waals surface area contributed by atoms with Crippen LogP contribution in [0.3, 0.4) is 0 Å². The largest absolute Gasteiger partial charge is 0.397 e. The molecule has 1 aliphatic heterocycles. The zero-order chi connectivity index (χ0) is 14.0. The summed E-state index contributed by atoms with van der Waals surface area (Å²) in [6.45, 7) is 3.40. The summed E-state index contributed by atoms with van der Waals surface area (Å²) in [4.78, 5) is 0. The van der Waals surface area contributed by atoms with Crippen molar-refractivity contribution in [3.63, 3.8) is 0 Å². The molecule has 3 N–H and O–H groups in total. The van der Waals surface area contributed by atoms with Gasteiger partial charge in [-0.05, 0) is 40.5 Å². The fourth-order valence-electron chi connectivity index (χ4n) is 1.86. The Kier molecular flexibility index (Phi) is 4.34. The van der Waals surface area contributed by atoms with Gasteiger partial charge in [0.25, 0.3) is 0 Å². The van der Waals surface area contributed by atoms with Crippen LogP contribution in [0.4, 0.5) is 11.4 Å². The Balaban J connectivity index is 2.25. The molecule has 1 fully saturated rings. The second kappa shape index (κ2) is 5.66. The van der Waals surface area contributed by atoms with Gasteiger partial charge in [0.15, 0.2) is 0 Å². The number of nitrogen functional groups attached to an aromatic ring is 1. The molecule has 0 unspecified atom stereocenters. The second-order valence-corrected chi connectivity index (χ2v) is 6.85. The molecule has 0 spiro atoms. The van der Waals surface area contributed by atoms with E-state index in [1.54, 1.807) is 6.07 Å². The molecular formula is C11H16BrN3O3S. The second-order valence-electron chi connectivity index (χ2n) is 4.33. The lowest BCUT2D eigenvalue weighted by molar-refractivity contribution is 0.0733. The summed E-state index contributed by atoms with van der Waals surface area (Å²) in [5.74, 6) is 0. The third-order valence-electron chi connectivity index (χ3n) is 2.81. The molecule has 1 aromatic carbocycles. The summed E-state index contributed by atoms with van der Waals surface area (Å²) >= 11 is 3.32. The smallest absolute Gasteiger partial charge is 0.301 e. The maximum atomic E-state index is 12.2. The molecule has 106 valence electrons. The highest BCUT2D eigenvalue weighted by Crippen LogP contribution is 2.31. The summed E-state index contributed by atoms with van der Waals surface area (Å²) in [6.07, 6.45) is 0. The summed E-state index contributed by atoms with van der Waals surface area (Å²) in [5, 5.41) is 0. The number of aryl methyl sites for hydroxylation is 1. The van der Waals surface area contributed by atoms with Crippen LogP contribution in [0.2, 0.25) is 0 Å². The number of halogens is 1. The van der Waals surface area contributed by atoms with Gasteiger partial charge in [-0.1, -0.05) is 0 Å². The molecule has 2 rings (SSSR count). The van der Waals surface area contributed by atoms with Crippen LogP contribution in [0, 0.1) is 6.92 Å². The summed E-state index contributed by atoms with van der Waals surface area (Å²) in [6, 6.07) is 3.54. The number of nitrogens with two attached hydrogens (primary N) is 1. The van der Waals surface area contributed by atoms with Gasteiger partial charge in [-0.25, -0.2) is 0 Å². The lowest BCUT2D eigenvalue weighted by Crippen LogP contribution is -2.43. The first-order chi connectivity index (χ1) is 8.90. The van der Waals surface area contributed by atoms with Crippen LogP contribution in [0.5, 0.6) is 0 Å². The lowest BCUT2D eigenvalue weighted by Gasteiger charge is -2.27. The van der Waals surface area contributed by atoms with E-state index in [2.05, 4.69) is 20.7 Å². The Hall–Kier alpha value is -0.830. The normalized spacial score (nSPS) is 17.4. The first-order valence-electron chi connectivity index (χ1n) is 5.81. The average molecular weight is 350 g/mol. The molecule has 1 aromatic rings. The third-order valence-corrected chi connectivity index (χ3v) is 4.94. The first kappa shape index (κ1) is 14.6. The maximum absolute atomic E-state index is 12.2. The summed E-state index contributed by atoms with van der Waals surface area (Å²) in [5.41, 5.74) is 7.58. The monoisotopic (exact) mass is 349 g/mol. The Morgan fingerprint density at radius 2 is 2.00 bits per heavy atom. The maximum Gasteiger partial charge on any atom is 0.301 e. The van der Waals surface area contributed by atoms with E-state index >= 15 is 0 Å². The summed E-state index contributed by atoms with van der Waals surface area (Å²) < 4.78 is 34.1. The number of hydrogen-bond donors (Lipinski definition) is 2. The minimum absolute atomic E-state index is 0.346. The van der Waals surface area contributed by atoms with Gasteiger partial charge >= 0.3 is 10.2 Å². The first-order valence-corrected chi connectivity index (χ1v) is 8.05. The van der Waals surface area contributed by atoms with Crippen molar-refractivity contribution in [3.05, 3.63) is 22.2 Å². The van der Waals surface area contributed by atoms with Crippen molar-refractivity contribution in [1.29, 1.82) is 0 Å². The Morgan fingerprint density at radius 3 is 2.58 bits per heavy atom. The van der Waals surface area contributed by atoms with E-state index < -0.39 is 10.2 Å². The van der Waals surface area contributed by atoms with Crippen molar-refractivity contribution < 1.29 is 13.2 Å². The van der Waals surface area contributed by atoms with Gasteiger partial charge in [0, 0.05) is 17.6 Å². The van der Waals surface area contributed by atoms with E-state index in [1.165, 1.54) is 4.31 Å². The molecular weight excluding hydrogens is 334 g/mol. The van der Waals surface area contributed by atoms with Gasteiger partial charge < -0.3 is 10.5 Å². The quantitative estimate of drug-likeness (QED) is 0.806. The van der Waals surface area contributed by atoms with Crippen molar-refractivity contribution in [2.75, 3.05) is 36.8 Å². The van der Waals surface area contributed by atoms with Crippen LogP contribution in [0.25, 0.3) is 0 Å². The molecule has 1 saturated heterocycles. The van der Waals surface area contributed by atoms with Crippen molar-refractivity contribution in [2.45, 2.75) is 6.92 Å². The Bertz CT molecular complexity index is 548. The summed E-state index contributed by atoms with van der Waals surface area (Å²) in [7, 11) is -3.60. The zero-order valence-corrected chi connectivity index (χ0v) is 12.9. The van der Waals surface area contributed by atoms with Gasteiger partial charge in [0.1, 0.15) is 0 Å². The predicted octanol–water partition coefficient (Wildman–Crippen LogP) is 1.33. The molecule has 0 atom stereocenters. The molecule has 0 aromatic heterocycles. The van der Waals surface area contributed by atoms with Crippen LogP contribution < -0.4 is 10.5 Å². The van der Waals surface area contributed by atoms with Crippen molar-refractivity contribution in [1.82, 2.24) is 4.31 Å². The number of hydrogen-bond acceptors (Lipinski definition) is 4. The molecule has 8 heteroatoms. The third kappa shape index (κ3) is 3.38. The number of morpholine rings is 1. The number of benzene rings is 1. The van der Waals surface area contributed by atoms with Gasteiger partial charge in [-0.3, -0.25) is 4.72 Å². The zero-order valence-electron chi connectivity index (χ0n) is 10.5. The van der Waals surface area contributed by atoms with E-state index in [1.807, 2.05) is 13.0 Å². The minimum Gasteiger partial charge on any atom is -0.397 e. The molecule has 19 heavy (non-hydrogen) atoms. The van der Waals surface area contributed by atoms with Crippen LogP contribution >= 0.6 is 15.9 Å². The van der Waals surface area contributed by atoms with Gasteiger partial charge in [0.2, 0.25) is 0 Å². The number of nitrogens with one attached hydrogen (secondary N) is 1. The highest BCUT2D eigenvalue weighted by molar-refractivity contribution is 9.10. The molecule has 6 nitrogen and oxygen atoms in total. The van der Waals surface area contributed by atoms with Crippen LogP contribution in [0.1, 0.15) is 5.56 Å². The molecule has 1 heterocycles. The number of nitrogens with zero attached hydrogens (tertiary/aromatic N) is 1. The van der Waals surface area contributed by atoms with Gasteiger partial charge in [-0.15, -0.1) is 0 Å². The van der Waals surface area contributed by atoms with E-state index in [0.29, 0.717) is 42.2 Å². The van der Waals surface area contributed by atoms with E-state index in [9.17, 15) is 8.42 Å². The predicted molar refractivity (Wildman–Crippen MR) is 78.2 cm³/mol. The number of ether oxygens (including phenoxy) is 1. The SMILES string of the molecule is Cc1cc(N)c(NS(=O)(=O)N2CCOCC2)c(Br)c1. The Labute approximate surface area is 121 Å². The van der Waals surface area contributed by atoms with Crippen molar-refractivity contribution in [2.24, 2.45) is 0 Å². The van der Waals surface area contributed by atoms with Crippen LogP contribution in [-0.2, 0) is 14.9 Å². The molecule has 0 radical (unpaired) electrons. The number of rotatable bonds is 3. The van der Waals surface area contributed by atoms with Gasteiger partial charge in [0.05, 0.1) is 24.6 Å². The van der Waals surface area contributed by atoms with Gasteiger partial charge in [-0.2, -0.15) is 12.7 Å². The van der Waals surface area contributed by atoms with Crippen LogP contribution in [-0.4, -0.2) is 39.0 Å². The highest BCUT2D eigenvalue weighted by atomic mass is 79.9. The fraction of sp³-hybridized carbons (Fsp3) is 0.455. The standard InChI is InChI=1S/C11H16BrN3O3S/c1-8-6-9(12)11(10(13)7-8)14-19(16,17)15-2-4-18-5-3-15/h6-7,14H,2-5,13H2,1H3. The topological polar surface area (TPSA) is 84.7 Å².